The van der Waals surface area contributed by atoms with Gasteiger partial charge in [0.15, 0.2) is 0 Å². The third-order valence-electron chi connectivity index (χ3n) is 3.22. The maximum Gasteiger partial charge on any atom is 0.255 e. The Morgan fingerprint density at radius 3 is 2.65 bits per heavy atom. The number of benzene rings is 1. The fourth-order valence-corrected chi connectivity index (χ4v) is 2.03. The number of anilines is 1. The van der Waals surface area contributed by atoms with Crippen molar-refractivity contribution in [3.63, 3.8) is 0 Å². The number of aromatic nitrogens is 1. The van der Waals surface area contributed by atoms with Crippen molar-refractivity contribution in [3.05, 3.63) is 63.6 Å². The number of rotatable bonds is 3. The summed E-state index contributed by atoms with van der Waals surface area (Å²) in [6, 6.07) is 8.85. The smallest absolute Gasteiger partial charge is 0.255 e. The normalized spacial score (nSPS) is 10.3. The van der Waals surface area contributed by atoms with E-state index in [1.165, 1.54) is 6.07 Å². The van der Waals surface area contributed by atoms with Gasteiger partial charge in [0.05, 0.1) is 5.69 Å². The Labute approximate surface area is 118 Å². The van der Waals surface area contributed by atoms with Crippen LogP contribution in [-0.2, 0) is 6.54 Å². The molecule has 0 bridgehead atoms. The molecule has 0 saturated carbocycles. The summed E-state index contributed by atoms with van der Waals surface area (Å²) < 4.78 is 1.55. The molecular formula is C16H18N2O2. The Balaban J connectivity index is 2.28. The highest BCUT2D eigenvalue weighted by Gasteiger charge is 2.10. The van der Waals surface area contributed by atoms with Crippen molar-refractivity contribution in [2.24, 2.45) is 0 Å². The third kappa shape index (κ3) is 2.96. The molecule has 1 N–H and O–H groups in total. The average Bonchev–Trinajstić information content (AvgIpc) is 2.43. The van der Waals surface area contributed by atoms with Gasteiger partial charge in [-0.25, -0.2) is 0 Å². The number of hydrogen-bond acceptors (Lipinski definition) is 2. The first kappa shape index (κ1) is 14.1. The molecule has 2 rings (SSSR count). The van der Waals surface area contributed by atoms with Crippen LogP contribution >= 0.6 is 0 Å². The van der Waals surface area contributed by atoms with Crippen molar-refractivity contribution in [1.29, 1.82) is 0 Å². The van der Waals surface area contributed by atoms with Gasteiger partial charge in [0.25, 0.3) is 11.5 Å². The van der Waals surface area contributed by atoms with Crippen LogP contribution in [0.15, 0.2) is 41.3 Å². The Bertz CT molecular complexity index is 702. The molecule has 0 unspecified atom stereocenters. The maximum atomic E-state index is 12.3. The Hall–Kier alpha value is -2.36. The van der Waals surface area contributed by atoms with Crippen LogP contribution in [0.1, 0.15) is 28.4 Å². The minimum Gasteiger partial charge on any atom is -0.321 e. The van der Waals surface area contributed by atoms with Crippen molar-refractivity contribution in [2.75, 3.05) is 5.32 Å². The van der Waals surface area contributed by atoms with Crippen LogP contribution in [0, 0.1) is 13.8 Å². The summed E-state index contributed by atoms with van der Waals surface area (Å²) in [6.45, 7) is 6.32. The first-order chi connectivity index (χ1) is 9.51. The van der Waals surface area contributed by atoms with Gasteiger partial charge in [-0.2, -0.15) is 0 Å². The molecule has 0 aliphatic heterocycles. The lowest BCUT2D eigenvalue weighted by atomic mass is 10.1. The van der Waals surface area contributed by atoms with E-state index >= 15 is 0 Å². The number of nitrogens with one attached hydrogen (secondary N) is 1. The lowest BCUT2D eigenvalue weighted by molar-refractivity contribution is 0.102. The van der Waals surface area contributed by atoms with Crippen LogP contribution < -0.4 is 10.9 Å². The maximum absolute atomic E-state index is 12.3. The second kappa shape index (κ2) is 5.74. The molecular weight excluding hydrogens is 252 g/mol. The van der Waals surface area contributed by atoms with Gasteiger partial charge in [-0.1, -0.05) is 17.7 Å². The van der Waals surface area contributed by atoms with Gasteiger partial charge in [0, 0.05) is 24.4 Å². The van der Waals surface area contributed by atoms with Crippen LogP contribution in [0.3, 0.4) is 0 Å². The number of aryl methyl sites for hydroxylation is 3. The first-order valence-electron chi connectivity index (χ1n) is 6.60. The van der Waals surface area contributed by atoms with Crippen molar-refractivity contribution < 1.29 is 4.79 Å². The molecule has 104 valence electrons. The van der Waals surface area contributed by atoms with Crippen LogP contribution in [0.5, 0.6) is 0 Å². The molecule has 0 saturated heterocycles. The number of amides is 1. The molecule has 1 aromatic heterocycles. The van der Waals surface area contributed by atoms with Crippen LogP contribution in [-0.4, -0.2) is 10.5 Å². The summed E-state index contributed by atoms with van der Waals surface area (Å²) in [5.74, 6) is -0.160. The molecule has 4 nitrogen and oxygen atoms in total. The minimum absolute atomic E-state index is 0.0720. The average molecular weight is 270 g/mol. The number of carbonyl (C=O) groups is 1. The lowest BCUT2D eigenvalue weighted by Crippen LogP contribution is -2.20. The predicted octanol–water partition coefficient (Wildman–Crippen LogP) is 2.74. The Kier molecular flexibility index (Phi) is 4.03. The summed E-state index contributed by atoms with van der Waals surface area (Å²) in [6.07, 6.45) is 1.66. The summed E-state index contributed by atoms with van der Waals surface area (Å²) >= 11 is 0. The highest BCUT2D eigenvalue weighted by atomic mass is 16.1. The van der Waals surface area contributed by atoms with E-state index in [1.54, 1.807) is 16.8 Å². The molecule has 20 heavy (non-hydrogen) atoms. The van der Waals surface area contributed by atoms with E-state index in [2.05, 4.69) is 5.32 Å². The molecule has 0 fully saturated rings. The van der Waals surface area contributed by atoms with Gasteiger partial charge in [0.1, 0.15) is 0 Å². The largest absolute Gasteiger partial charge is 0.321 e. The molecule has 1 aromatic carbocycles. The summed E-state index contributed by atoms with van der Waals surface area (Å²) in [7, 11) is 0. The fourth-order valence-electron chi connectivity index (χ4n) is 2.03. The lowest BCUT2D eigenvalue weighted by Gasteiger charge is -2.10. The number of hydrogen-bond donors (Lipinski definition) is 1. The summed E-state index contributed by atoms with van der Waals surface area (Å²) in [5, 5.41) is 2.83. The highest BCUT2D eigenvalue weighted by Crippen LogP contribution is 2.13. The van der Waals surface area contributed by atoms with E-state index in [0.717, 1.165) is 11.1 Å². The van der Waals surface area contributed by atoms with E-state index in [-0.39, 0.29) is 11.5 Å². The molecule has 0 aliphatic carbocycles. The number of pyridine rings is 1. The standard InChI is InChI=1S/C16H18N2O2/c1-4-18-10-13(7-8-15(18)19)17-16(20)14-9-11(2)5-6-12(14)3/h5-10H,4H2,1-3H3,(H,17,20). The highest BCUT2D eigenvalue weighted by molar-refractivity contribution is 6.05. The SMILES string of the molecule is CCn1cc(NC(=O)c2cc(C)ccc2C)ccc1=O. The van der Waals surface area contributed by atoms with Crippen LogP contribution in [0.4, 0.5) is 5.69 Å². The van der Waals surface area contributed by atoms with Crippen LogP contribution in [0.25, 0.3) is 0 Å². The Morgan fingerprint density at radius 1 is 1.20 bits per heavy atom. The second-order valence-corrected chi connectivity index (χ2v) is 4.81. The molecule has 0 atom stereocenters. The van der Waals surface area contributed by atoms with E-state index < -0.39 is 0 Å². The van der Waals surface area contributed by atoms with E-state index in [0.29, 0.717) is 17.8 Å². The van der Waals surface area contributed by atoms with E-state index in [9.17, 15) is 9.59 Å². The zero-order valence-electron chi connectivity index (χ0n) is 11.9. The summed E-state index contributed by atoms with van der Waals surface area (Å²) in [5.41, 5.74) is 3.17. The van der Waals surface area contributed by atoms with Crippen molar-refractivity contribution >= 4 is 11.6 Å². The number of nitrogens with zero attached hydrogens (tertiary/aromatic N) is 1. The van der Waals surface area contributed by atoms with Crippen molar-refractivity contribution in [1.82, 2.24) is 4.57 Å². The van der Waals surface area contributed by atoms with E-state index in [4.69, 9.17) is 0 Å². The summed E-state index contributed by atoms with van der Waals surface area (Å²) in [4.78, 5) is 23.8. The van der Waals surface area contributed by atoms with Gasteiger partial charge in [-0.15, -0.1) is 0 Å². The third-order valence-corrected chi connectivity index (χ3v) is 3.22. The Morgan fingerprint density at radius 2 is 1.95 bits per heavy atom. The molecule has 2 aromatic rings. The van der Waals surface area contributed by atoms with Gasteiger partial charge in [-0.05, 0) is 38.5 Å². The van der Waals surface area contributed by atoms with Crippen molar-refractivity contribution in [2.45, 2.75) is 27.3 Å². The fraction of sp³-hybridized carbons (Fsp3) is 0.250. The minimum atomic E-state index is -0.160. The molecule has 0 aliphatic rings. The number of carbonyl (C=O) groups excluding carboxylic acids is 1. The predicted molar refractivity (Wildman–Crippen MR) is 80.2 cm³/mol. The van der Waals surface area contributed by atoms with Gasteiger partial charge >= 0.3 is 0 Å². The van der Waals surface area contributed by atoms with E-state index in [1.807, 2.05) is 39.0 Å². The quantitative estimate of drug-likeness (QED) is 0.932. The molecule has 4 heteroatoms. The monoisotopic (exact) mass is 270 g/mol. The molecule has 0 radical (unpaired) electrons. The second-order valence-electron chi connectivity index (χ2n) is 4.81. The topological polar surface area (TPSA) is 51.1 Å². The van der Waals surface area contributed by atoms with Gasteiger partial charge in [0.2, 0.25) is 0 Å². The van der Waals surface area contributed by atoms with Gasteiger partial charge < -0.3 is 9.88 Å². The molecule has 1 amide bonds. The van der Waals surface area contributed by atoms with Crippen molar-refractivity contribution in [3.8, 4) is 0 Å². The van der Waals surface area contributed by atoms with Crippen LogP contribution in [0.2, 0.25) is 0 Å². The first-order valence-corrected chi connectivity index (χ1v) is 6.60. The molecule has 1 heterocycles. The molecule has 0 spiro atoms. The zero-order valence-corrected chi connectivity index (χ0v) is 11.9. The zero-order chi connectivity index (χ0) is 14.7. The van der Waals surface area contributed by atoms with Gasteiger partial charge in [-0.3, -0.25) is 9.59 Å².